The van der Waals surface area contributed by atoms with Crippen LogP contribution in [0.15, 0.2) is 24.3 Å². The fourth-order valence-electron chi connectivity index (χ4n) is 2.53. The molecule has 0 fully saturated rings. The molecule has 0 saturated heterocycles. The standard InChI is InChI=1S/C15H21NO/c1-15(2,3)16-14(17)10-11-8-12-6-4-5-7-13(12)9-11/h4-7,11H,8-10H2,1-3H3,(H,16,17). The summed E-state index contributed by atoms with van der Waals surface area (Å²) in [4.78, 5) is 11.9. The highest BCUT2D eigenvalue weighted by atomic mass is 16.1. The topological polar surface area (TPSA) is 29.1 Å². The molecule has 1 aromatic carbocycles. The molecule has 0 radical (unpaired) electrons. The Morgan fingerprint density at radius 2 is 1.76 bits per heavy atom. The lowest BCUT2D eigenvalue weighted by atomic mass is 10.0. The van der Waals surface area contributed by atoms with Gasteiger partial charge in [-0.1, -0.05) is 24.3 Å². The number of benzene rings is 1. The first kappa shape index (κ1) is 12.2. The molecule has 0 atom stereocenters. The number of carbonyl (C=O) groups excluding carboxylic acids is 1. The van der Waals surface area contributed by atoms with Crippen molar-refractivity contribution in [2.45, 2.75) is 45.6 Å². The van der Waals surface area contributed by atoms with Crippen LogP contribution in [-0.2, 0) is 17.6 Å². The summed E-state index contributed by atoms with van der Waals surface area (Å²) in [5.74, 6) is 0.657. The van der Waals surface area contributed by atoms with Crippen LogP contribution < -0.4 is 5.32 Å². The highest BCUT2D eigenvalue weighted by molar-refractivity contribution is 5.77. The molecule has 1 aliphatic carbocycles. The maximum atomic E-state index is 11.9. The number of carbonyl (C=O) groups is 1. The predicted molar refractivity (Wildman–Crippen MR) is 69.9 cm³/mol. The molecule has 2 heteroatoms. The van der Waals surface area contributed by atoms with Crippen LogP contribution in [0.3, 0.4) is 0 Å². The zero-order chi connectivity index (χ0) is 12.5. The second kappa shape index (κ2) is 4.52. The Bertz CT molecular complexity index is 392. The van der Waals surface area contributed by atoms with Gasteiger partial charge in [0, 0.05) is 12.0 Å². The number of rotatable bonds is 2. The van der Waals surface area contributed by atoms with Crippen molar-refractivity contribution >= 4 is 5.91 Å². The van der Waals surface area contributed by atoms with Gasteiger partial charge < -0.3 is 5.32 Å². The van der Waals surface area contributed by atoms with Crippen LogP contribution in [0, 0.1) is 5.92 Å². The van der Waals surface area contributed by atoms with Crippen molar-refractivity contribution in [1.82, 2.24) is 5.32 Å². The molecule has 0 bridgehead atoms. The molecular formula is C15H21NO. The second-order valence-electron chi connectivity index (χ2n) is 6.05. The lowest BCUT2D eigenvalue weighted by Crippen LogP contribution is -2.41. The molecule has 0 spiro atoms. The Hall–Kier alpha value is -1.31. The summed E-state index contributed by atoms with van der Waals surface area (Å²) in [5.41, 5.74) is 2.71. The molecule has 1 aromatic rings. The van der Waals surface area contributed by atoms with Crippen LogP contribution in [0.25, 0.3) is 0 Å². The van der Waals surface area contributed by atoms with Crippen molar-refractivity contribution in [3.63, 3.8) is 0 Å². The summed E-state index contributed by atoms with van der Waals surface area (Å²) in [6, 6.07) is 8.51. The van der Waals surface area contributed by atoms with Crippen LogP contribution in [0.2, 0.25) is 0 Å². The highest BCUT2D eigenvalue weighted by Crippen LogP contribution is 2.28. The molecule has 0 aromatic heterocycles. The number of hydrogen-bond acceptors (Lipinski definition) is 1. The minimum atomic E-state index is -0.122. The number of amides is 1. The van der Waals surface area contributed by atoms with Crippen molar-refractivity contribution in [2.24, 2.45) is 5.92 Å². The Morgan fingerprint density at radius 1 is 1.24 bits per heavy atom. The molecule has 1 amide bonds. The average Bonchev–Trinajstić information content (AvgIpc) is 2.55. The summed E-state index contributed by atoms with van der Waals surface area (Å²) in [6.45, 7) is 6.07. The molecule has 92 valence electrons. The maximum absolute atomic E-state index is 11.9. The number of fused-ring (bicyclic) bond motifs is 1. The summed E-state index contributed by atoms with van der Waals surface area (Å²) in [7, 11) is 0. The van der Waals surface area contributed by atoms with Crippen LogP contribution in [-0.4, -0.2) is 11.4 Å². The van der Waals surface area contributed by atoms with E-state index in [1.807, 2.05) is 20.8 Å². The van der Waals surface area contributed by atoms with Crippen molar-refractivity contribution in [1.29, 1.82) is 0 Å². The van der Waals surface area contributed by atoms with E-state index in [4.69, 9.17) is 0 Å². The largest absolute Gasteiger partial charge is 0.352 e. The van der Waals surface area contributed by atoms with Crippen molar-refractivity contribution in [2.75, 3.05) is 0 Å². The first-order valence-corrected chi connectivity index (χ1v) is 6.32. The summed E-state index contributed by atoms with van der Waals surface area (Å²) in [5, 5.41) is 3.03. The van der Waals surface area contributed by atoms with Crippen molar-refractivity contribution in [3.8, 4) is 0 Å². The van der Waals surface area contributed by atoms with E-state index in [2.05, 4.69) is 29.6 Å². The molecular weight excluding hydrogens is 210 g/mol. The zero-order valence-corrected chi connectivity index (χ0v) is 10.9. The van der Waals surface area contributed by atoms with E-state index in [0.717, 1.165) is 12.8 Å². The van der Waals surface area contributed by atoms with Crippen LogP contribution in [0.1, 0.15) is 38.3 Å². The Kier molecular flexibility index (Phi) is 3.23. The van der Waals surface area contributed by atoms with Gasteiger partial charge in [-0.05, 0) is 50.7 Å². The van der Waals surface area contributed by atoms with E-state index >= 15 is 0 Å². The Balaban J connectivity index is 1.90. The molecule has 0 saturated carbocycles. The molecule has 2 nitrogen and oxygen atoms in total. The molecule has 17 heavy (non-hydrogen) atoms. The summed E-state index contributed by atoms with van der Waals surface area (Å²) < 4.78 is 0. The average molecular weight is 231 g/mol. The van der Waals surface area contributed by atoms with Gasteiger partial charge in [-0.3, -0.25) is 4.79 Å². The first-order valence-electron chi connectivity index (χ1n) is 6.32. The normalized spacial score (nSPS) is 15.7. The van der Waals surface area contributed by atoms with Crippen LogP contribution in [0.5, 0.6) is 0 Å². The third-order valence-electron chi connectivity index (χ3n) is 3.12. The molecule has 0 aliphatic heterocycles. The van der Waals surface area contributed by atoms with Gasteiger partial charge in [-0.15, -0.1) is 0 Å². The van der Waals surface area contributed by atoms with E-state index in [1.165, 1.54) is 11.1 Å². The van der Waals surface area contributed by atoms with Gasteiger partial charge in [0.2, 0.25) is 5.91 Å². The van der Waals surface area contributed by atoms with Gasteiger partial charge in [-0.25, -0.2) is 0 Å². The lowest BCUT2D eigenvalue weighted by Gasteiger charge is -2.21. The van der Waals surface area contributed by atoms with E-state index in [-0.39, 0.29) is 11.4 Å². The van der Waals surface area contributed by atoms with Gasteiger partial charge in [0.15, 0.2) is 0 Å². The molecule has 1 aliphatic rings. The van der Waals surface area contributed by atoms with E-state index in [1.54, 1.807) is 0 Å². The van der Waals surface area contributed by atoms with Crippen molar-refractivity contribution < 1.29 is 4.79 Å². The third kappa shape index (κ3) is 3.32. The SMILES string of the molecule is CC(C)(C)NC(=O)CC1Cc2ccccc2C1. The quantitative estimate of drug-likeness (QED) is 0.833. The minimum Gasteiger partial charge on any atom is -0.352 e. The van der Waals surface area contributed by atoms with Crippen molar-refractivity contribution in [3.05, 3.63) is 35.4 Å². The van der Waals surface area contributed by atoms with E-state index in [9.17, 15) is 4.79 Å². The highest BCUT2D eigenvalue weighted by Gasteiger charge is 2.24. The maximum Gasteiger partial charge on any atom is 0.220 e. The third-order valence-corrected chi connectivity index (χ3v) is 3.12. The Labute approximate surface area is 103 Å². The monoisotopic (exact) mass is 231 g/mol. The molecule has 0 heterocycles. The van der Waals surface area contributed by atoms with E-state index < -0.39 is 0 Å². The van der Waals surface area contributed by atoms with Gasteiger partial charge in [-0.2, -0.15) is 0 Å². The fraction of sp³-hybridized carbons (Fsp3) is 0.533. The number of nitrogens with one attached hydrogen (secondary N) is 1. The smallest absolute Gasteiger partial charge is 0.220 e. The predicted octanol–water partition coefficient (Wildman–Crippen LogP) is 2.71. The Morgan fingerprint density at radius 3 is 2.24 bits per heavy atom. The lowest BCUT2D eigenvalue weighted by molar-refractivity contribution is -0.123. The van der Waals surface area contributed by atoms with Gasteiger partial charge >= 0.3 is 0 Å². The zero-order valence-electron chi connectivity index (χ0n) is 10.9. The second-order valence-corrected chi connectivity index (χ2v) is 6.05. The number of hydrogen-bond donors (Lipinski definition) is 1. The van der Waals surface area contributed by atoms with Crippen LogP contribution >= 0.6 is 0 Å². The summed E-state index contributed by atoms with van der Waals surface area (Å²) in [6.07, 6.45) is 2.74. The van der Waals surface area contributed by atoms with E-state index in [0.29, 0.717) is 12.3 Å². The molecule has 1 N–H and O–H groups in total. The summed E-state index contributed by atoms with van der Waals surface area (Å²) >= 11 is 0. The first-order chi connectivity index (χ1) is 7.94. The minimum absolute atomic E-state index is 0.122. The van der Waals surface area contributed by atoms with Crippen LogP contribution in [0.4, 0.5) is 0 Å². The van der Waals surface area contributed by atoms with Gasteiger partial charge in [0.1, 0.15) is 0 Å². The molecule has 0 unspecified atom stereocenters. The van der Waals surface area contributed by atoms with Gasteiger partial charge in [0.25, 0.3) is 0 Å². The van der Waals surface area contributed by atoms with Gasteiger partial charge in [0.05, 0.1) is 0 Å². The fourth-order valence-corrected chi connectivity index (χ4v) is 2.53. The molecule has 2 rings (SSSR count).